The summed E-state index contributed by atoms with van der Waals surface area (Å²) in [4.78, 5) is 1.55. The molecule has 0 aliphatic carbocycles. The number of aliphatic hydroxyl groups is 4. The highest BCUT2D eigenvalue weighted by Gasteiger charge is 2.29. The van der Waals surface area contributed by atoms with Crippen molar-refractivity contribution in [2.75, 3.05) is 24.5 Å². The lowest BCUT2D eigenvalue weighted by molar-refractivity contribution is -0.0976. The van der Waals surface area contributed by atoms with Gasteiger partial charge in [-0.05, 0) is 44.5 Å². The molecule has 0 heterocycles. The molecule has 1 rings (SSSR count). The van der Waals surface area contributed by atoms with Crippen LogP contribution in [0.3, 0.4) is 0 Å². The minimum atomic E-state index is -4.26. The molecule has 1 aromatic carbocycles. The quantitative estimate of drug-likeness (QED) is 0.304. The van der Waals surface area contributed by atoms with Crippen molar-refractivity contribution in [1.82, 2.24) is 4.72 Å². The van der Waals surface area contributed by atoms with Gasteiger partial charge in [-0.2, -0.15) is 5.26 Å². The van der Waals surface area contributed by atoms with Crippen LogP contribution in [0.4, 0.5) is 5.69 Å². The van der Waals surface area contributed by atoms with Crippen LogP contribution in [-0.4, -0.2) is 72.9 Å². The second-order valence-electron chi connectivity index (χ2n) is 6.53. The number of allylic oxidation sites excluding steroid dienone is 1. The van der Waals surface area contributed by atoms with E-state index in [-0.39, 0.29) is 0 Å². The van der Waals surface area contributed by atoms with Gasteiger partial charge < -0.3 is 25.3 Å². The first-order valence-electron chi connectivity index (χ1n) is 9.26. The van der Waals surface area contributed by atoms with E-state index in [2.05, 4.69) is 4.90 Å². The SMILES string of the molecule is CCN(CC)c1ccc(/C=C(\C#N)S(=O)(=O)NC[C@@H](O)[C@@H](O)[C@H](O)[C@H](C)O)cc1. The maximum atomic E-state index is 12.3. The molecule has 0 saturated carbocycles. The van der Waals surface area contributed by atoms with Gasteiger partial charge in [0.05, 0.1) is 12.2 Å². The maximum absolute atomic E-state index is 12.3. The Balaban J connectivity index is 2.91. The van der Waals surface area contributed by atoms with Gasteiger partial charge in [-0.25, -0.2) is 13.1 Å². The molecule has 0 spiro atoms. The summed E-state index contributed by atoms with van der Waals surface area (Å²) in [7, 11) is -4.26. The molecule has 0 radical (unpaired) electrons. The van der Waals surface area contributed by atoms with E-state index in [9.17, 15) is 34.1 Å². The lowest BCUT2D eigenvalue weighted by atomic mass is 10.0. The van der Waals surface area contributed by atoms with Crippen LogP contribution >= 0.6 is 0 Å². The molecular weight excluding hydrogens is 398 g/mol. The Morgan fingerprint density at radius 1 is 1.14 bits per heavy atom. The molecule has 0 amide bonds. The molecule has 4 atom stereocenters. The average molecular weight is 428 g/mol. The molecule has 5 N–H and O–H groups in total. The molecule has 0 unspecified atom stereocenters. The zero-order valence-corrected chi connectivity index (χ0v) is 17.5. The number of hydrogen-bond donors (Lipinski definition) is 5. The smallest absolute Gasteiger partial charge is 0.250 e. The Hall–Kier alpha value is -2.00. The molecule has 1 aromatic rings. The minimum Gasteiger partial charge on any atom is -0.391 e. The molecule has 10 heteroatoms. The number of nitrogens with zero attached hydrogens (tertiary/aromatic N) is 2. The largest absolute Gasteiger partial charge is 0.391 e. The van der Waals surface area contributed by atoms with Gasteiger partial charge in [0, 0.05) is 25.3 Å². The summed E-state index contributed by atoms with van der Waals surface area (Å²) in [6, 6.07) is 8.65. The summed E-state index contributed by atoms with van der Waals surface area (Å²) >= 11 is 0. The molecule has 0 aromatic heterocycles. The molecule has 0 bridgehead atoms. The highest BCUT2D eigenvalue weighted by Crippen LogP contribution is 2.18. The van der Waals surface area contributed by atoms with E-state index < -0.39 is 45.9 Å². The molecule has 29 heavy (non-hydrogen) atoms. The summed E-state index contributed by atoms with van der Waals surface area (Å²) < 4.78 is 26.7. The minimum absolute atomic E-state index is 0.507. The van der Waals surface area contributed by atoms with Crippen molar-refractivity contribution in [3.8, 4) is 6.07 Å². The fourth-order valence-electron chi connectivity index (χ4n) is 2.60. The predicted octanol–water partition coefficient (Wildman–Crippen LogP) is -0.220. The summed E-state index contributed by atoms with van der Waals surface area (Å²) in [6.45, 7) is 6.26. The number of sulfonamides is 1. The van der Waals surface area contributed by atoms with Gasteiger partial charge in [-0.1, -0.05) is 12.1 Å². The highest BCUT2D eigenvalue weighted by molar-refractivity contribution is 7.93. The van der Waals surface area contributed by atoms with Crippen LogP contribution in [0.25, 0.3) is 6.08 Å². The van der Waals surface area contributed by atoms with E-state index in [0.717, 1.165) is 18.8 Å². The molecule has 162 valence electrons. The third-order valence-electron chi connectivity index (χ3n) is 4.44. The van der Waals surface area contributed by atoms with Crippen LogP contribution in [-0.2, 0) is 10.0 Å². The lowest BCUT2D eigenvalue weighted by Gasteiger charge is -2.24. The van der Waals surface area contributed by atoms with Crippen LogP contribution < -0.4 is 9.62 Å². The summed E-state index contributed by atoms with van der Waals surface area (Å²) in [5.41, 5.74) is 1.48. The van der Waals surface area contributed by atoms with E-state index >= 15 is 0 Å². The number of hydrogen-bond acceptors (Lipinski definition) is 8. The van der Waals surface area contributed by atoms with E-state index in [0.29, 0.717) is 5.56 Å². The second kappa shape index (κ2) is 11.3. The van der Waals surface area contributed by atoms with E-state index in [1.807, 2.05) is 30.7 Å². The van der Waals surface area contributed by atoms with Crippen molar-refractivity contribution >= 4 is 21.8 Å². The molecule has 0 fully saturated rings. The van der Waals surface area contributed by atoms with Crippen molar-refractivity contribution in [2.24, 2.45) is 0 Å². The number of anilines is 1. The van der Waals surface area contributed by atoms with E-state index in [4.69, 9.17) is 0 Å². The van der Waals surface area contributed by atoms with Gasteiger partial charge in [0.1, 0.15) is 18.3 Å². The molecule has 0 aliphatic heterocycles. The van der Waals surface area contributed by atoms with Gasteiger partial charge in [0.2, 0.25) is 0 Å². The molecular formula is C19H29N3O6S. The number of nitriles is 1. The Morgan fingerprint density at radius 2 is 1.69 bits per heavy atom. The Bertz CT molecular complexity index is 813. The van der Waals surface area contributed by atoms with Gasteiger partial charge in [-0.15, -0.1) is 0 Å². The average Bonchev–Trinajstić information content (AvgIpc) is 2.70. The lowest BCUT2D eigenvalue weighted by Crippen LogP contribution is -2.48. The standard InChI is InChI=1S/C19H29N3O6S/c1-4-22(5-2)15-8-6-14(7-9-15)10-16(11-20)29(27,28)21-12-17(24)19(26)18(25)13(3)23/h6-10,13,17-19,21,23-26H,4-5,12H2,1-3H3/b16-10+/t13-,17+,18+,19+/m0/s1. The monoisotopic (exact) mass is 427 g/mol. The van der Waals surface area contributed by atoms with Gasteiger partial charge >= 0.3 is 0 Å². The van der Waals surface area contributed by atoms with Gasteiger partial charge in [0.25, 0.3) is 10.0 Å². The number of aliphatic hydroxyl groups excluding tert-OH is 4. The zero-order chi connectivity index (χ0) is 22.2. The first-order valence-corrected chi connectivity index (χ1v) is 10.7. The van der Waals surface area contributed by atoms with Gasteiger partial charge in [-0.3, -0.25) is 0 Å². The van der Waals surface area contributed by atoms with Crippen molar-refractivity contribution in [3.63, 3.8) is 0 Å². The fraction of sp³-hybridized carbons (Fsp3) is 0.526. The van der Waals surface area contributed by atoms with Crippen molar-refractivity contribution in [1.29, 1.82) is 5.26 Å². The number of benzene rings is 1. The summed E-state index contributed by atoms with van der Waals surface area (Å²) in [6.07, 6.45) is -5.21. The van der Waals surface area contributed by atoms with Crippen LogP contribution in [0.1, 0.15) is 26.3 Å². The van der Waals surface area contributed by atoms with E-state index in [1.54, 1.807) is 18.2 Å². The van der Waals surface area contributed by atoms with Crippen molar-refractivity contribution < 1.29 is 28.8 Å². The first-order chi connectivity index (χ1) is 13.6. The van der Waals surface area contributed by atoms with Crippen LogP contribution in [0, 0.1) is 11.3 Å². The Morgan fingerprint density at radius 3 is 2.14 bits per heavy atom. The third kappa shape index (κ3) is 7.08. The topological polar surface area (TPSA) is 154 Å². The van der Waals surface area contributed by atoms with Crippen LogP contribution in [0.15, 0.2) is 29.2 Å². The van der Waals surface area contributed by atoms with Crippen molar-refractivity contribution in [3.05, 3.63) is 34.7 Å². The summed E-state index contributed by atoms with van der Waals surface area (Å²) in [5.74, 6) is 0. The molecule has 0 aliphatic rings. The number of nitrogens with one attached hydrogen (secondary N) is 1. The fourth-order valence-corrected chi connectivity index (χ4v) is 3.56. The maximum Gasteiger partial charge on any atom is 0.250 e. The molecule has 9 nitrogen and oxygen atoms in total. The third-order valence-corrected chi connectivity index (χ3v) is 5.77. The van der Waals surface area contributed by atoms with Crippen LogP contribution in [0.5, 0.6) is 0 Å². The summed E-state index contributed by atoms with van der Waals surface area (Å²) in [5, 5.41) is 47.5. The molecule has 0 saturated heterocycles. The predicted molar refractivity (Wildman–Crippen MR) is 110 cm³/mol. The van der Waals surface area contributed by atoms with Gasteiger partial charge in [0.15, 0.2) is 4.91 Å². The number of rotatable bonds is 11. The van der Waals surface area contributed by atoms with Crippen LogP contribution in [0.2, 0.25) is 0 Å². The Labute approximate surface area is 171 Å². The first kappa shape index (κ1) is 25.0. The highest BCUT2D eigenvalue weighted by atomic mass is 32.2. The van der Waals surface area contributed by atoms with Crippen molar-refractivity contribution in [2.45, 2.75) is 45.2 Å². The van der Waals surface area contributed by atoms with E-state index in [1.165, 1.54) is 13.0 Å². The Kier molecular flexibility index (Phi) is 9.72. The second-order valence-corrected chi connectivity index (χ2v) is 8.26. The zero-order valence-electron chi connectivity index (χ0n) is 16.7. The normalized spacial score (nSPS) is 16.6.